The van der Waals surface area contributed by atoms with Crippen LogP contribution in [0.5, 0.6) is 0 Å². The smallest absolute Gasteiger partial charge is 0.192 e. The Hall–Kier alpha value is -1.39. The molecule has 0 atom stereocenters. The van der Waals surface area contributed by atoms with E-state index in [4.69, 9.17) is 4.43 Å². The molecule has 21 heavy (non-hydrogen) atoms. The van der Waals surface area contributed by atoms with Gasteiger partial charge in [-0.15, -0.1) is 0 Å². The van der Waals surface area contributed by atoms with E-state index in [2.05, 4.69) is 39.2 Å². The Morgan fingerprint density at radius 2 is 1.86 bits per heavy atom. The molecule has 0 saturated carbocycles. The Balaban J connectivity index is 2.29. The second-order valence-corrected chi connectivity index (χ2v) is 11.4. The van der Waals surface area contributed by atoms with E-state index < -0.39 is 8.32 Å². The summed E-state index contributed by atoms with van der Waals surface area (Å²) in [5.41, 5.74) is 0.702. The number of carbonyl (C=O) groups excluding carboxylic acids is 1. The van der Waals surface area contributed by atoms with E-state index in [1.54, 1.807) is 12.3 Å². The summed E-state index contributed by atoms with van der Waals surface area (Å²) in [7, 11) is -1.67. The van der Waals surface area contributed by atoms with Crippen LogP contribution in [0.3, 0.4) is 0 Å². The van der Waals surface area contributed by atoms with Crippen molar-refractivity contribution in [2.24, 2.45) is 0 Å². The molecule has 0 heterocycles. The number of nitrogens with one attached hydrogen (secondary N) is 1. The Kier molecular flexibility index (Phi) is 6.36. The van der Waals surface area contributed by atoms with Gasteiger partial charge in [0, 0.05) is 24.4 Å². The molecule has 0 spiro atoms. The third kappa shape index (κ3) is 5.85. The Morgan fingerprint density at radius 1 is 1.24 bits per heavy atom. The van der Waals surface area contributed by atoms with Crippen molar-refractivity contribution in [2.75, 3.05) is 13.2 Å². The molecule has 0 saturated heterocycles. The minimum absolute atomic E-state index is 0.00779. The first-order valence-corrected chi connectivity index (χ1v) is 10.3. The molecule has 0 aromatic heterocycles. The Bertz CT molecular complexity index is 475. The van der Waals surface area contributed by atoms with Crippen molar-refractivity contribution >= 4 is 14.1 Å². The van der Waals surface area contributed by atoms with Crippen LogP contribution < -0.4 is 5.32 Å². The lowest BCUT2D eigenvalue weighted by Crippen LogP contribution is -2.42. The van der Waals surface area contributed by atoms with Crippen LogP contribution in [-0.4, -0.2) is 27.3 Å². The molecule has 1 aromatic carbocycles. The van der Waals surface area contributed by atoms with Gasteiger partial charge in [-0.2, -0.15) is 0 Å². The third-order valence-corrected chi connectivity index (χ3v) is 8.46. The SMILES string of the molecule is CC(C)(C)[Si](C)(C)OCCN/C=C\C(=O)c1ccccc1. The van der Waals surface area contributed by atoms with E-state index >= 15 is 0 Å². The van der Waals surface area contributed by atoms with E-state index in [1.807, 2.05) is 30.3 Å². The molecule has 4 heteroatoms. The van der Waals surface area contributed by atoms with Gasteiger partial charge >= 0.3 is 0 Å². The van der Waals surface area contributed by atoms with Crippen LogP contribution in [0.4, 0.5) is 0 Å². The molecule has 0 bridgehead atoms. The van der Waals surface area contributed by atoms with Gasteiger partial charge in [0.1, 0.15) is 0 Å². The van der Waals surface area contributed by atoms with Crippen LogP contribution in [0.1, 0.15) is 31.1 Å². The maximum Gasteiger partial charge on any atom is 0.192 e. The molecular formula is C17H27NO2Si. The molecule has 0 fully saturated rings. The fourth-order valence-electron chi connectivity index (χ4n) is 1.50. The minimum atomic E-state index is -1.67. The van der Waals surface area contributed by atoms with Gasteiger partial charge in [-0.1, -0.05) is 51.1 Å². The van der Waals surface area contributed by atoms with E-state index in [1.165, 1.54) is 0 Å². The summed E-state index contributed by atoms with van der Waals surface area (Å²) in [5, 5.41) is 3.33. The number of allylic oxidation sites excluding steroid dienone is 1. The third-order valence-electron chi connectivity index (χ3n) is 3.93. The zero-order chi connectivity index (χ0) is 15.9. The number of hydrogen-bond acceptors (Lipinski definition) is 3. The summed E-state index contributed by atoms with van der Waals surface area (Å²) in [6, 6.07) is 9.25. The maximum absolute atomic E-state index is 11.8. The maximum atomic E-state index is 11.8. The number of benzene rings is 1. The van der Waals surface area contributed by atoms with Crippen LogP contribution in [0, 0.1) is 0 Å². The van der Waals surface area contributed by atoms with Gasteiger partial charge in [-0.25, -0.2) is 0 Å². The molecular weight excluding hydrogens is 278 g/mol. The summed E-state index contributed by atoms with van der Waals surface area (Å²) in [4.78, 5) is 11.8. The largest absolute Gasteiger partial charge is 0.415 e. The van der Waals surface area contributed by atoms with Crippen LogP contribution in [0.25, 0.3) is 0 Å². The van der Waals surface area contributed by atoms with Gasteiger partial charge in [0.05, 0.1) is 6.61 Å². The van der Waals surface area contributed by atoms with Crippen LogP contribution in [0.15, 0.2) is 42.6 Å². The van der Waals surface area contributed by atoms with E-state index in [0.29, 0.717) is 18.7 Å². The Morgan fingerprint density at radius 3 is 2.43 bits per heavy atom. The zero-order valence-corrected chi connectivity index (χ0v) is 14.8. The summed E-state index contributed by atoms with van der Waals surface area (Å²) in [5.74, 6) is 0.00779. The van der Waals surface area contributed by atoms with Crippen molar-refractivity contribution in [3.05, 3.63) is 48.2 Å². The van der Waals surface area contributed by atoms with Crippen molar-refractivity contribution in [3.63, 3.8) is 0 Å². The molecule has 0 radical (unpaired) electrons. The number of carbonyl (C=O) groups is 1. The van der Waals surface area contributed by atoms with Crippen molar-refractivity contribution in [2.45, 2.75) is 38.9 Å². The second-order valence-electron chi connectivity index (χ2n) is 6.63. The first-order valence-electron chi connectivity index (χ1n) is 7.37. The van der Waals surface area contributed by atoms with Crippen molar-refractivity contribution in [3.8, 4) is 0 Å². The fourth-order valence-corrected chi connectivity index (χ4v) is 2.54. The summed E-state index contributed by atoms with van der Waals surface area (Å²) >= 11 is 0. The van der Waals surface area contributed by atoms with Crippen LogP contribution >= 0.6 is 0 Å². The van der Waals surface area contributed by atoms with E-state index in [9.17, 15) is 4.79 Å². The van der Waals surface area contributed by atoms with E-state index in [0.717, 1.165) is 0 Å². The first kappa shape index (κ1) is 17.7. The molecule has 0 aliphatic carbocycles. The normalized spacial score (nSPS) is 12.6. The summed E-state index contributed by atoms with van der Waals surface area (Å²) < 4.78 is 6.04. The highest BCUT2D eigenvalue weighted by Crippen LogP contribution is 2.36. The topological polar surface area (TPSA) is 38.3 Å². The zero-order valence-electron chi connectivity index (χ0n) is 13.8. The lowest BCUT2D eigenvalue weighted by molar-refractivity contribution is 0.104. The van der Waals surface area contributed by atoms with Gasteiger partial charge in [-0.05, 0) is 18.1 Å². The van der Waals surface area contributed by atoms with Crippen LogP contribution in [-0.2, 0) is 4.43 Å². The van der Waals surface area contributed by atoms with Gasteiger partial charge < -0.3 is 9.74 Å². The predicted octanol–water partition coefficient (Wildman–Crippen LogP) is 3.99. The standard InChI is InChI=1S/C17H27NO2Si/c1-17(2,3)21(4,5)20-14-13-18-12-11-16(19)15-9-7-6-8-10-15/h6-12,18H,13-14H2,1-5H3/b12-11-. The quantitative estimate of drug-likeness (QED) is 0.358. The van der Waals surface area contributed by atoms with Crippen molar-refractivity contribution in [1.82, 2.24) is 5.32 Å². The molecule has 116 valence electrons. The summed E-state index contributed by atoms with van der Waals surface area (Å²) in [6.45, 7) is 12.5. The molecule has 0 amide bonds. The molecule has 0 unspecified atom stereocenters. The minimum Gasteiger partial charge on any atom is -0.415 e. The van der Waals surface area contributed by atoms with Gasteiger partial charge in [0.2, 0.25) is 0 Å². The van der Waals surface area contributed by atoms with Crippen molar-refractivity contribution in [1.29, 1.82) is 0 Å². The average Bonchev–Trinajstić information content (AvgIpc) is 2.42. The molecule has 1 aromatic rings. The predicted molar refractivity (Wildman–Crippen MR) is 91.1 cm³/mol. The highest BCUT2D eigenvalue weighted by atomic mass is 28.4. The monoisotopic (exact) mass is 305 g/mol. The highest BCUT2D eigenvalue weighted by Gasteiger charge is 2.36. The second kappa shape index (κ2) is 7.57. The highest BCUT2D eigenvalue weighted by molar-refractivity contribution is 6.74. The molecule has 0 aliphatic heterocycles. The van der Waals surface area contributed by atoms with Gasteiger partial charge in [0.25, 0.3) is 0 Å². The van der Waals surface area contributed by atoms with Crippen molar-refractivity contribution < 1.29 is 9.22 Å². The molecule has 3 nitrogen and oxygen atoms in total. The Labute approximate surface area is 129 Å². The lowest BCUT2D eigenvalue weighted by atomic mass is 10.1. The van der Waals surface area contributed by atoms with E-state index in [-0.39, 0.29) is 10.8 Å². The fraction of sp³-hybridized carbons (Fsp3) is 0.471. The summed E-state index contributed by atoms with van der Waals surface area (Å²) in [6.07, 6.45) is 3.26. The molecule has 1 N–H and O–H groups in total. The number of ketones is 1. The first-order chi connectivity index (χ1) is 9.74. The van der Waals surface area contributed by atoms with Gasteiger partial charge in [0.15, 0.2) is 14.1 Å². The van der Waals surface area contributed by atoms with Gasteiger partial charge in [-0.3, -0.25) is 4.79 Å². The molecule has 1 rings (SSSR count). The number of rotatable bonds is 7. The van der Waals surface area contributed by atoms with Crippen LogP contribution in [0.2, 0.25) is 18.1 Å². The lowest BCUT2D eigenvalue weighted by Gasteiger charge is -2.36. The average molecular weight is 305 g/mol. The molecule has 0 aliphatic rings. The number of hydrogen-bond donors (Lipinski definition) is 1.